The molecule has 0 spiro atoms. The van der Waals surface area contributed by atoms with Crippen molar-refractivity contribution in [3.63, 3.8) is 0 Å². The fourth-order valence-electron chi connectivity index (χ4n) is 1.85. The van der Waals surface area contributed by atoms with Crippen LogP contribution in [0.1, 0.15) is 34.1 Å². The second kappa shape index (κ2) is 7.59. The van der Waals surface area contributed by atoms with Gasteiger partial charge in [-0.05, 0) is 32.9 Å². The minimum absolute atomic E-state index is 0.0121. The highest BCUT2D eigenvalue weighted by Gasteiger charge is 2.28. The molecule has 0 aromatic rings. The molecule has 18 heavy (non-hydrogen) atoms. The summed E-state index contributed by atoms with van der Waals surface area (Å²) in [6.45, 7) is 9.05. The van der Waals surface area contributed by atoms with Crippen molar-refractivity contribution in [1.82, 2.24) is 15.5 Å². The highest BCUT2D eigenvalue weighted by Crippen LogP contribution is 2.20. The van der Waals surface area contributed by atoms with Crippen molar-refractivity contribution in [3.8, 4) is 0 Å². The largest absolute Gasteiger partial charge is 0.394 e. The summed E-state index contributed by atoms with van der Waals surface area (Å²) < 4.78 is 0. The lowest BCUT2D eigenvalue weighted by Gasteiger charge is -2.35. The quantitative estimate of drug-likeness (QED) is 0.640. The number of rotatable bonds is 7. The topological polar surface area (TPSA) is 64.6 Å². The van der Waals surface area contributed by atoms with E-state index in [0.29, 0.717) is 0 Å². The molecule has 0 rings (SSSR count). The van der Waals surface area contributed by atoms with Crippen molar-refractivity contribution in [3.05, 3.63) is 0 Å². The number of aliphatic hydroxyl groups excluding tert-OH is 1. The van der Waals surface area contributed by atoms with E-state index >= 15 is 0 Å². The summed E-state index contributed by atoms with van der Waals surface area (Å²) in [7, 11) is 4.04. The van der Waals surface area contributed by atoms with Crippen LogP contribution in [-0.4, -0.2) is 55.4 Å². The average molecular weight is 259 g/mol. The van der Waals surface area contributed by atoms with Gasteiger partial charge in [0.25, 0.3) is 0 Å². The van der Waals surface area contributed by atoms with E-state index in [1.165, 1.54) is 0 Å². The zero-order chi connectivity index (χ0) is 14.3. The minimum Gasteiger partial charge on any atom is -0.394 e. The number of urea groups is 1. The van der Waals surface area contributed by atoms with Gasteiger partial charge in [0.05, 0.1) is 12.6 Å². The highest BCUT2D eigenvalue weighted by atomic mass is 16.3. The van der Waals surface area contributed by atoms with Gasteiger partial charge in [0, 0.05) is 12.6 Å². The van der Waals surface area contributed by atoms with Crippen molar-refractivity contribution >= 4 is 6.03 Å². The van der Waals surface area contributed by atoms with Crippen molar-refractivity contribution in [1.29, 1.82) is 0 Å². The van der Waals surface area contributed by atoms with E-state index in [9.17, 15) is 4.79 Å². The molecule has 108 valence electrons. The first-order valence-electron chi connectivity index (χ1n) is 6.55. The maximum Gasteiger partial charge on any atom is 0.315 e. The van der Waals surface area contributed by atoms with Crippen LogP contribution in [0.2, 0.25) is 0 Å². The Kier molecular flexibility index (Phi) is 7.25. The standard InChI is InChI=1S/C13H29N3O2/c1-7-11(8-17)15-12(18)14-10(2)13(3,4)9-16(5)6/h10-11,17H,7-9H2,1-6H3,(H2,14,15,18). The lowest BCUT2D eigenvalue weighted by atomic mass is 9.85. The van der Waals surface area contributed by atoms with Crippen LogP contribution < -0.4 is 10.6 Å². The Labute approximate surface area is 111 Å². The van der Waals surface area contributed by atoms with Gasteiger partial charge in [0.15, 0.2) is 0 Å². The van der Waals surface area contributed by atoms with Gasteiger partial charge in [-0.1, -0.05) is 20.8 Å². The molecule has 0 aliphatic rings. The molecule has 2 atom stereocenters. The zero-order valence-corrected chi connectivity index (χ0v) is 12.6. The molecule has 0 heterocycles. The van der Waals surface area contributed by atoms with Gasteiger partial charge in [-0.2, -0.15) is 0 Å². The smallest absolute Gasteiger partial charge is 0.315 e. The number of nitrogens with one attached hydrogen (secondary N) is 2. The molecule has 0 aromatic carbocycles. The molecule has 0 saturated carbocycles. The van der Waals surface area contributed by atoms with E-state index in [1.807, 2.05) is 27.9 Å². The summed E-state index contributed by atoms with van der Waals surface area (Å²) in [5, 5.41) is 14.7. The number of hydrogen-bond acceptors (Lipinski definition) is 3. The molecule has 0 saturated heterocycles. The normalized spacial score (nSPS) is 15.3. The molecule has 3 N–H and O–H groups in total. The fourth-order valence-corrected chi connectivity index (χ4v) is 1.85. The number of hydrogen-bond donors (Lipinski definition) is 3. The van der Waals surface area contributed by atoms with Crippen molar-refractivity contribution in [2.45, 2.75) is 46.2 Å². The predicted molar refractivity (Wildman–Crippen MR) is 74.6 cm³/mol. The van der Waals surface area contributed by atoms with Gasteiger partial charge in [-0.25, -0.2) is 4.79 Å². The van der Waals surface area contributed by atoms with Crippen LogP contribution in [0, 0.1) is 5.41 Å². The summed E-state index contributed by atoms with van der Waals surface area (Å²) in [5.41, 5.74) is -0.0121. The number of amides is 2. The summed E-state index contributed by atoms with van der Waals surface area (Å²) in [6.07, 6.45) is 0.722. The van der Waals surface area contributed by atoms with Gasteiger partial charge in [-0.3, -0.25) is 0 Å². The average Bonchev–Trinajstić information content (AvgIpc) is 2.23. The third kappa shape index (κ3) is 6.21. The summed E-state index contributed by atoms with van der Waals surface area (Å²) in [4.78, 5) is 13.9. The van der Waals surface area contributed by atoms with E-state index < -0.39 is 0 Å². The summed E-state index contributed by atoms with van der Waals surface area (Å²) >= 11 is 0. The summed E-state index contributed by atoms with van der Waals surface area (Å²) in [6, 6.07) is -0.333. The molecule has 0 aliphatic heterocycles. The van der Waals surface area contributed by atoms with Crippen molar-refractivity contribution < 1.29 is 9.90 Å². The van der Waals surface area contributed by atoms with Crippen LogP contribution in [0.3, 0.4) is 0 Å². The lowest BCUT2D eigenvalue weighted by molar-refractivity contribution is 0.174. The molecule has 2 amide bonds. The van der Waals surface area contributed by atoms with Crippen LogP contribution in [0.5, 0.6) is 0 Å². The van der Waals surface area contributed by atoms with Crippen LogP contribution in [0.25, 0.3) is 0 Å². The van der Waals surface area contributed by atoms with E-state index in [0.717, 1.165) is 13.0 Å². The number of nitrogens with zero attached hydrogens (tertiary/aromatic N) is 1. The van der Waals surface area contributed by atoms with Gasteiger partial charge in [0.2, 0.25) is 0 Å². The molecule has 2 unspecified atom stereocenters. The first-order valence-corrected chi connectivity index (χ1v) is 6.55. The molecule has 0 radical (unpaired) electrons. The highest BCUT2D eigenvalue weighted by molar-refractivity contribution is 5.74. The Morgan fingerprint density at radius 1 is 1.33 bits per heavy atom. The van der Waals surface area contributed by atoms with Gasteiger partial charge in [0.1, 0.15) is 0 Å². The van der Waals surface area contributed by atoms with Crippen LogP contribution in [0.4, 0.5) is 4.79 Å². The predicted octanol–water partition coefficient (Wildman–Crippen LogP) is 1.03. The Morgan fingerprint density at radius 2 is 1.89 bits per heavy atom. The SMILES string of the molecule is CCC(CO)NC(=O)NC(C)C(C)(C)CN(C)C. The Morgan fingerprint density at radius 3 is 2.28 bits per heavy atom. The number of carbonyl (C=O) groups is 1. The Hall–Kier alpha value is -0.810. The third-order valence-electron chi connectivity index (χ3n) is 3.29. The van der Waals surface area contributed by atoms with Gasteiger partial charge < -0.3 is 20.6 Å². The lowest BCUT2D eigenvalue weighted by Crippen LogP contribution is -2.52. The maximum atomic E-state index is 11.8. The van der Waals surface area contributed by atoms with Crippen molar-refractivity contribution in [2.24, 2.45) is 5.41 Å². The van der Waals surface area contributed by atoms with E-state index in [4.69, 9.17) is 5.11 Å². The fraction of sp³-hybridized carbons (Fsp3) is 0.923. The molecule has 5 heteroatoms. The maximum absolute atomic E-state index is 11.8. The second-order valence-electron chi connectivity index (χ2n) is 5.85. The molecular formula is C13H29N3O2. The molecular weight excluding hydrogens is 230 g/mol. The molecule has 5 nitrogen and oxygen atoms in total. The summed E-state index contributed by atoms with van der Waals surface area (Å²) in [5.74, 6) is 0. The molecule has 0 aliphatic carbocycles. The van der Waals surface area contributed by atoms with Crippen LogP contribution >= 0.6 is 0 Å². The molecule has 0 aromatic heterocycles. The first-order chi connectivity index (χ1) is 8.22. The Bertz CT molecular complexity index is 251. The Balaban J connectivity index is 4.29. The molecule has 0 fully saturated rings. The second-order valence-corrected chi connectivity index (χ2v) is 5.85. The van der Waals surface area contributed by atoms with E-state index in [2.05, 4.69) is 29.4 Å². The van der Waals surface area contributed by atoms with E-state index in [-0.39, 0.29) is 30.1 Å². The number of carbonyl (C=O) groups excluding carboxylic acids is 1. The van der Waals surface area contributed by atoms with Gasteiger partial charge >= 0.3 is 6.03 Å². The van der Waals surface area contributed by atoms with E-state index in [1.54, 1.807) is 0 Å². The van der Waals surface area contributed by atoms with Gasteiger partial charge in [-0.15, -0.1) is 0 Å². The third-order valence-corrected chi connectivity index (χ3v) is 3.29. The zero-order valence-electron chi connectivity index (χ0n) is 12.6. The first kappa shape index (κ1) is 17.2. The van der Waals surface area contributed by atoms with Crippen molar-refractivity contribution in [2.75, 3.05) is 27.2 Å². The van der Waals surface area contributed by atoms with Crippen LogP contribution in [-0.2, 0) is 0 Å². The molecule has 0 bridgehead atoms. The minimum atomic E-state index is -0.213. The number of aliphatic hydroxyl groups is 1. The van der Waals surface area contributed by atoms with Crippen LogP contribution in [0.15, 0.2) is 0 Å². The monoisotopic (exact) mass is 259 g/mol.